The van der Waals surface area contributed by atoms with Crippen LogP contribution in [-0.4, -0.2) is 5.78 Å². The minimum absolute atomic E-state index is 0.0351. The second-order valence-electron chi connectivity index (χ2n) is 2.68. The van der Waals surface area contributed by atoms with Crippen molar-refractivity contribution in [1.82, 2.24) is 0 Å². The summed E-state index contributed by atoms with van der Waals surface area (Å²) in [5.74, 6) is -2.44. The van der Waals surface area contributed by atoms with Crippen LogP contribution in [0.5, 0.6) is 0 Å². The highest BCUT2D eigenvalue weighted by molar-refractivity contribution is 5.96. The molecule has 4 heteroatoms. The molecule has 0 fully saturated rings. The smallest absolute Gasteiger partial charge is 0.169 e. The lowest BCUT2D eigenvalue weighted by atomic mass is 10.1. The van der Waals surface area contributed by atoms with E-state index in [9.17, 15) is 13.6 Å². The number of hydrogen-bond acceptors (Lipinski definition) is 2. The van der Waals surface area contributed by atoms with E-state index >= 15 is 0 Å². The van der Waals surface area contributed by atoms with Crippen molar-refractivity contribution in [3.63, 3.8) is 0 Å². The second kappa shape index (κ2) is 4.47. The van der Waals surface area contributed by atoms with E-state index < -0.39 is 23.0 Å². The number of rotatable bonds is 3. The summed E-state index contributed by atoms with van der Waals surface area (Å²) in [6, 6.07) is 4.96. The number of nitrogens with zero attached hydrogens (tertiary/aromatic N) is 1. The number of Topliss-reactive ketones (excluding diaryl/α,β-unsaturated/α-hetero) is 1. The molecule has 72 valence electrons. The van der Waals surface area contributed by atoms with E-state index in [1.54, 1.807) is 6.07 Å². The van der Waals surface area contributed by atoms with Gasteiger partial charge in [0.1, 0.15) is 11.6 Å². The number of hydrogen-bond donors (Lipinski definition) is 0. The minimum Gasteiger partial charge on any atom is -0.294 e. The number of carbonyl (C=O) groups is 1. The fraction of sp³-hybridized carbons (Fsp3) is 0.200. The Hall–Kier alpha value is -1.76. The standard InChI is InChI=1S/C10H7F2NO/c11-7-3-1-4-8(12)10(7)9(14)5-2-6-13/h1,3-4H,2,5H2. The number of carbonyl (C=O) groups excluding carboxylic acids is 1. The van der Waals surface area contributed by atoms with Gasteiger partial charge in [0.2, 0.25) is 0 Å². The molecule has 0 aromatic heterocycles. The lowest BCUT2D eigenvalue weighted by molar-refractivity contribution is 0.0976. The quantitative estimate of drug-likeness (QED) is 0.695. The minimum atomic E-state index is -0.882. The van der Waals surface area contributed by atoms with Gasteiger partial charge in [-0.3, -0.25) is 4.79 Å². The van der Waals surface area contributed by atoms with Crippen molar-refractivity contribution in [3.05, 3.63) is 35.4 Å². The predicted molar refractivity (Wildman–Crippen MR) is 45.5 cm³/mol. The molecule has 2 nitrogen and oxygen atoms in total. The zero-order valence-electron chi connectivity index (χ0n) is 7.26. The van der Waals surface area contributed by atoms with Gasteiger partial charge in [-0.2, -0.15) is 5.26 Å². The van der Waals surface area contributed by atoms with Crippen molar-refractivity contribution in [3.8, 4) is 6.07 Å². The van der Waals surface area contributed by atoms with Crippen LogP contribution in [0, 0.1) is 23.0 Å². The first-order valence-corrected chi connectivity index (χ1v) is 4.01. The van der Waals surface area contributed by atoms with Crippen molar-refractivity contribution >= 4 is 5.78 Å². The molecule has 0 N–H and O–H groups in total. The van der Waals surface area contributed by atoms with Crippen molar-refractivity contribution < 1.29 is 13.6 Å². The molecule has 0 heterocycles. The summed E-state index contributed by atoms with van der Waals surface area (Å²) in [7, 11) is 0. The lowest BCUT2D eigenvalue weighted by Crippen LogP contribution is -2.05. The van der Waals surface area contributed by atoms with Crippen LogP contribution in [0.1, 0.15) is 23.2 Å². The van der Waals surface area contributed by atoms with Gasteiger partial charge in [0, 0.05) is 12.8 Å². The monoisotopic (exact) mass is 195 g/mol. The molecule has 0 atom stereocenters. The maximum Gasteiger partial charge on any atom is 0.169 e. The van der Waals surface area contributed by atoms with Crippen LogP contribution in [0.3, 0.4) is 0 Å². The van der Waals surface area contributed by atoms with Crippen LogP contribution >= 0.6 is 0 Å². The van der Waals surface area contributed by atoms with E-state index in [1.165, 1.54) is 6.07 Å². The highest BCUT2D eigenvalue weighted by Crippen LogP contribution is 2.14. The highest BCUT2D eigenvalue weighted by atomic mass is 19.1. The number of nitriles is 1. The molecule has 1 aromatic carbocycles. The van der Waals surface area contributed by atoms with E-state index in [4.69, 9.17) is 5.26 Å². The SMILES string of the molecule is N#CCCC(=O)c1c(F)cccc1F. The Morgan fingerprint density at radius 1 is 1.36 bits per heavy atom. The van der Waals surface area contributed by atoms with Gasteiger partial charge in [-0.25, -0.2) is 8.78 Å². The first-order valence-electron chi connectivity index (χ1n) is 4.01. The van der Waals surface area contributed by atoms with Crippen molar-refractivity contribution in [2.45, 2.75) is 12.8 Å². The van der Waals surface area contributed by atoms with Gasteiger partial charge in [-0.15, -0.1) is 0 Å². The first-order chi connectivity index (χ1) is 6.66. The van der Waals surface area contributed by atoms with Gasteiger partial charge < -0.3 is 0 Å². The Labute approximate surface area is 79.8 Å². The van der Waals surface area contributed by atoms with Crippen LogP contribution in [0.4, 0.5) is 8.78 Å². The van der Waals surface area contributed by atoms with Crippen LogP contribution in [-0.2, 0) is 0 Å². The van der Waals surface area contributed by atoms with Crippen molar-refractivity contribution in [2.75, 3.05) is 0 Å². The topological polar surface area (TPSA) is 40.9 Å². The van der Waals surface area contributed by atoms with Gasteiger partial charge in [-0.1, -0.05) is 6.07 Å². The summed E-state index contributed by atoms with van der Waals surface area (Å²) < 4.78 is 26.0. The van der Waals surface area contributed by atoms with E-state index in [2.05, 4.69) is 0 Å². The highest BCUT2D eigenvalue weighted by Gasteiger charge is 2.15. The Bertz CT molecular complexity index is 375. The van der Waals surface area contributed by atoms with Crippen LogP contribution in [0.15, 0.2) is 18.2 Å². The Balaban J connectivity index is 2.95. The van der Waals surface area contributed by atoms with Crippen LogP contribution in [0.2, 0.25) is 0 Å². The number of ketones is 1. The molecule has 0 saturated carbocycles. The Morgan fingerprint density at radius 3 is 2.43 bits per heavy atom. The number of benzene rings is 1. The summed E-state index contributed by atoms with van der Waals surface area (Å²) in [6.07, 6.45) is -0.193. The average Bonchev–Trinajstić information content (AvgIpc) is 2.14. The fourth-order valence-corrected chi connectivity index (χ4v) is 1.06. The molecule has 0 bridgehead atoms. The first kappa shape index (κ1) is 10.3. The molecule has 0 radical (unpaired) electrons. The van der Waals surface area contributed by atoms with Crippen LogP contribution < -0.4 is 0 Å². The van der Waals surface area contributed by atoms with Gasteiger partial charge >= 0.3 is 0 Å². The maximum absolute atomic E-state index is 13.0. The molecule has 0 amide bonds. The molecule has 1 aromatic rings. The molecule has 0 aliphatic rings. The third-order valence-electron chi connectivity index (χ3n) is 1.71. The number of halogens is 2. The molecule has 0 saturated heterocycles. The molecule has 0 spiro atoms. The molecule has 0 unspecified atom stereocenters. The average molecular weight is 195 g/mol. The molecule has 1 rings (SSSR count). The summed E-state index contributed by atoms with van der Waals surface area (Å²) in [4.78, 5) is 11.2. The van der Waals surface area contributed by atoms with E-state index in [0.717, 1.165) is 12.1 Å². The van der Waals surface area contributed by atoms with E-state index in [-0.39, 0.29) is 12.8 Å². The predicted octanol–water partition coefficient (Wildman–Crippen LogP) is 2.45. The summed E-state index contributed by atoms with van der Waals surface area (Å²) >= 11 is 0. The van der Waals surface area contributed by atoms with E-state index in [0.29, 0.717) is 0 Å². The molecule has 0 aliphatic carbocycles. The normalized spacial score (nSPS) is 9.50. The van der Waals surface area contributed by atoms with Crippen LogP contribution in [0.25, 0.3) is 0 Å². The lowest BCUT2D eigenvalue weighted by Gasteiger charge is -2.01. The van der Waals surface area contributed by atoms with Gasteiger partial charge in [0.25, 0.3) is 0 Å². The largest absolute Gasteiger partial charge is 0.294 e. The Kier molecular flexibility index (Phi) is 3.29. The van der Waals surface area contributed by atoms with Gasteiger partial charge in [0.15, 0.2) is 5.78 Å². The van der Waals surface area contributed by atoms with Crippen molar-refractivity contribution in [2.24, 2.45) is 0 Å². The summed E-state index contributed by atoms with van der Waals surface area (Å²) in [6.45, 7) is 0. The van der Waals surface area contributed by atoms with Gasteiger partial charge in [0.05, 0.1) is 11.6 Å². The molecule has 0 aliphatic heterocycles. The summed E-state index contributed by atoms with van der Waals surface area (Å²) in [5, 5.41) is 8.21. The molecular formula is C10H7F2NO. The zero-order valence-corrected chi connectivity index (χ0v) is 7.26. The zero-order chi connectivity index (χ0) is 10.6. The maximum atomic E-state index is 13.0. The molecule has 14 heavy (non-hydrogen) atoms. The van der Waals surface area contributed by atoms with E-state index in [1.807, 2.05) is 0 Å². The third-order valence-corrected chi connectivity index (χ3v) is 1.71. The summed E-state index contributed by atoms with van der Waals surface area (Å²) in [5.41, 5.74) is -0.553. The third kappa shape index (κ3) is 2.13. The molecular weight excluding hydrogens is 188 g/mol. The van der Waals surface area contributed by atoms with Gasteiger partial charge in [-0.05, 0) is 12.1 Å². The second-order valence-corrected chi connectivity index (χ2v) is 2.68. The van der Waals surface area contributed by atoms with Crippen molar-refractivity contribution in [1.29, 1.82) is 5.26 Å². The Morgan fingerprint density at radius 2 is 1.93 bits per heavy atom. The fourth-order valence-electron chi connectivity index (χ4n) is 1.06.